The van der Waals surface area contributed by atoms with Crippen molar-refractivity contribution in [1.29, 1.82) is 0 Å². The first-order valence-electron chi connectivity index (χ1n) is 7.91. The minimum absolute atomic E-state index is 0.00759. The number of nitrogens with zero attached hydrogens (tertiary/aromatic N) is 1. The van der Waals surface area contributed by atoms with Crippen LogP contribution in [0.1, 0.15) is 38.7 Å². The summed E-state index contributed by atoms with van der Waals surface area (Å²) in [7, 11) is 0. The number of nitrogens with one attached hydrogen (secondary N) is 1. The average molecular weight is 290 g/mol. The molecule has 2 unspecified atom stereocenters. The number of aryl methyl sites for hydroxylation is 1. The zero-order chi connectivity index (χ0) is 15.2. The smallest absolute Gasteiger partial charge is 0.238 e. The summed E-state index contributed by atoms with van der Waals surface area (Å²) in [5.41, 5.74) is 2.10. The number of piperidine rings is 1. The van der Waals surface area contributed by atoms with Crippen LogP contribution >= 0.6 is 0 Å². The summed E-state index contributed by atoms with van der Waals surface area (Å²) < 4.78 is 0. The van der Waals surface area contributed by atoms with Gasteiger partial charge < -0.3 is 10.4 Å². The summed E-state index contributed by atoms with van der Waals surface area (Å²) in [6, 6.07) is 8.06. The topological polar surface area (TPSA) is 52.6 Å². The Morgan fingerprint density at radius 1 is 1.38 bits per heavy atom. The zero-order valence-corrected chi connectivity index (χ0v) is 13.0. The van der Waals surface area contributed by atoms with E-state index in [4.69, 9.17) is 0 Å². The first kappa shape index (κ1) is 16.0. The van der Waals surface area contributed by atoms with E-state index >= 15 is 0 Å². The molecule has 0 bridgehead atoms. The van der Waals surface area contributed by atoms with Gasteiger partial charge in [0.15, 0.2) is 0 Å². The van der Waals surface area contributed by atoms with Crippen LogP contribution in [-0.4, -0.2) is 41.1 Å². The predicted molar refractivity (Wildman–Crippen MR) is 85.3 cm³/mol. The van der Waals surface area contributed by atoms with Crippen LogP contribution in [0.15, 0.2) is 24.3 Å². The van der Waals surface area contributed by atoms with Gasteiger partial charge in [-0.2, -0.15) is 0 Å². The maximum absolute atomic E-state index is 12.2. The van der Waals surface area contributed by atoms with Crippen molar-refractivity contribution in [3.63, 3.8) is 0 Å². The van der Waals surface area contributed by atoms with E-state index in [0.29, 0.717) is 6.54 Å². The van der Waals surface area contributed by atoms with Crippen molar-refractivity contribution in [2.75, 3.05) is 18.4 Å². The Morgan fingerprint density at radius 3 is 2.71 bits per heavy atom. The first-order valence-corrected chi connectivity index (χ1v) is 7.91. The van der Waals surface area contributed by atoms with Crippen molar-refractivity contribution in [2.45, 2.75) is 51.7 Å². The molecule has 2 atom stereocenters. The largest absolute Gasteiger partial charge is 0.392 e. The van der Waals surface area contributed by atoms with E-state index < -0.39 is 0 Å². The molecule has 1 heterocycles. The second-order valence-corrected chi connectivity index (χ2v) is 5.87. The van der Waals surface area contributed by atoms with Crippen molar-refractivity contribution in [1.82, 2.24) is 4.90 Å². The Bertz CT molecular complexity index is 456. The maximum Gasteiger partial charge on any atom is 0.238 e. The van der Waals surface area contributed by atoms with Gasteiger partial charge in [-0.3, -0.25) is 9.69 Å². The van der Waals surface area contributed by atoms with E-state index in [2.05, 4.69) is 17.1 Å². The van der Waals surface area contributed by atoms with Crippen molar-refractivity contribution in [2.24, 2.45) is 0 Å². The fourth-order valence-electron chi connectivity index (χ4n) is 2.97. The molecule has 116 valence electrons. The van der Waals surface area contributed by atoms with Crippen LogP contribution in [0.3, 0.4) is 0 Å². The van der Waals surface area contributed by atoms with E-state index in [1.54, 1.807) is 0 Å². The molecule has 2 rings (SSSR count). The molecule has 0 spiro atoms. The van der Waals surface area contributed by atoms with Crippen LogP contribution in [0.4, 0.5) is 5.69 Å². The van der Waals surface area contributed by atoms with Crippen molar-refractivity contribution >= 4 is 11.6 Å². The van der Waals surface area contributed by atoms with E-state index in [-0.39, 0.29) is 18.1 Å². The number of carbonyl (C=O) groups is 1. The van der Waals surface area contributed by atoms with Gasteiger partial charge in [0.2, 0.25) is 5.91 Å². The van der Waals surface area contributed by atoms with Gasteiger partial charge in [-0.05, 0) is 50.4 Å². The molecular formula is C17H26N2O2. The lowest BCUT2D eigenvalue weighted by molar-refractivity contribution is -0.118. The monoisotopic (exact) mass is 290 g/mol. The van der Waals surface area contributed by atoms with Crippen LogP contribution in [0.2, 0.25) is 0 Å². The molecule has 1 amide bonds. The molecular weight excluding hydrogens is 264 g/mol. The molecule has 1 fully saturated rings. The van der Waals surface area contributed by atoms with E-state index in [1.165, 1.54) is 5.56 Å². The molecule has 1 aromatic carbocycles. The molecule has 1 aliphatic rings. The van der Waals surface area contributed by atoms with E-state index in [9.17, 15) is 9.90 Å². The minimum atomic E-state index is -0.387. The lowest BCUT2D eigenvalue weighted by atomic mass is 9.98. The fraction of sp³-hybridized carbons (Fsp3) is 0.588. The first-order chi connectivity index (χ1) is 10.1. The Labute approximate surface area is 127 Å². The molecule has 0 aliphatic carbocycles. The van der Waals surface area contributed by atoms with Crippen LogP contribution in [0.5, 0.6) is 0 Å². The van der Waals surface area contributed by atoms with Gasteiger partial charge in [0.05, 0.1) is 12.6 Å². The predicted octanol–water partition coefficient (Wildman–Crippen LogP) is 2.42. The fourth-order valence-corrected chi connectivity index (χ4v) is 2.97. The number of hydrogen-bond donors (Lipinski definition) is 2. The molecule has 2 N–H and O–H groups in total. The highest BCUT2D eigenvalue weighted by atomic mass is 16.3. The number of aliphatic hydroxyl groups excluding tert-OH is 1. The van der Waals surface area contributed by atoms with Crippen molar-refractivity contribution < 1.29 is 9.90 Å². The summed E-state index contributed by atoms with van der Waals surface area (Å²) in [6.07, 6.45) is 3.81. The van der Waals surface area contributed by atoms with Crippen LogP contribution in [0.25, 0.3) is 0 Å². The molecule has 1 saturated heterocycles. The number of likely N-dealkylation sites (tertiary alicyclic amines) is 1. The number of amides is 1. The summed E-state index contributed by atoms with van der Waals surface area (Å²) >= 11 is 0. The van der Waals surface area contributed by atoms with Crippen LogP contribution in [-0.2, 0) is 11.2 Å². The Balaban J connectivity index is 1.90. The Kier molecular flexibility index (Phi) is 5.76. The highest BCUT2D eigenvalue weighted by Crippen LogP contribution is 2.19. The number of benzene rings is 1. The molecule has 1 aromatic rings. The average Bonchev–Trinajstić information content (AvgIpc) is 2.48. The molecule has 1 aliphatic heterocycles. The second-order valence-electron chi connectivity index (χ2n) is 5.87. The summed E-state index contributed by atoms with van der Waals surface area (Å²) in [6.45, 7) is 5.16. The van der Waals surface area contributed by atoms with Gasteiger partial charge in [0, 0.05) is 11.7 Å². The van der Waals surface area contributed by atoms with Gasteiger partial charge in [0.1, 0.15) is 0 Å². The second kappa shape index (κ2) is 7.57. The van der Waals surface area contributed by atoms with Gasteiger partial charge >= 0.3 is 0 Å². The van der Waals surface area contributed by atoms with Crippen LogP contribution in [0, 0.1) is 0 Å². The normalized spacial score (nSPS) is 21.0. The maximum atomic E-state index is 12.2. The standard InChI is InChI=1S/C17H26N2O2/c1-3-14-7-9-15(10-8-14)18-17(21)12-19-11-5-4-6-16(19)13(2)20/h7-10,13,16,20H,3-6,11-12H2,1-2H3,(H,18,21). The minimum Gasteiger partial charge on any atom is -0.392 e. The lowest BCUT2D eigenvalue weighted by Crippen LogP contribution is -2.48. The third-order valence-electron chi connectivity index (χ3n) is 4.21. The van der Waals surface area contributed by atoms with Gasteiger partial charge in [-0.15, -0.1) is 0 Å². The van der Waals surface area contributed by atoms with Crippen molar-refractivity contribution in [3.05, 3.63) is 29.8 Å². The third kappa shape index (κ3) is 4.55. The summed E-state index contributed by atoms with van der Waals surface area (Å²) in [4.78, 5) is 14.3. The lowest BCUT2D eigenvalue weighted by Gasteiger charge is -2.36. The van der Waals surface area contributed by atoms with Crippen LogP contribution < -0.4 is 5.32 Å². The quantitative estimate of drug-likeness (QED) is 0.875. The third-order valence-corrected chi connectivity index (χ3v) is 4.21. The number of hydrogen-bond acceptors (Lipinski definition) is 3. The van der Waals surface area contributed by atoms with E-state index in [1.807, 2.05) is 31.2 Å². The van der Waals surface area contributed by atoms with E-state index in [0.717, 1.165) is 37.9 Å². The molecule has 21 heavy (non-hydrogen) atoms. The Morgan fingerprint density at radius 2 is 2.10 bits per heavy atom. The number of rotatable bonds is 5. The van der Waals surface area contributed by atoms with Crippen molar-refractivity contribution in [3.8, 4) is 0 Å². The van der Waals surface area contributed by atoms with Gasteiger partial charge in [-0.25, -0.2) is 0 Å². The van der Waals surface area contributed by atoms with Gasteiger partial charge in [-0.1, -0.05) is 25.5 Å². The number of aliphatic hydroxyl groups is 1. The van der Waals surface area contributed by atoms with Gasteiger partial charge in [0.25, 0.3) is 0 Å². The number of carbonyl (C=O) groups excluding carboxylic acids is 1. The summed E-state index contributed by atoms with van der Waals surface area (Å²) in [5.74, 6) is -0.00759. The molecule has 0 saturated carbocycles. The Hall–Kier alpha value is -1.39. The SMILES string of the molecule is CCc1ccc(NC(=O)CN2CCCCC2C(C)O)cc1. The number of anilines is 1. The highest BCUT2D eigenvalue weighted by molar-refractivity contribution is 5.92. The highest BCUT2D eigenvalue weighted by Gasteiger charge is 2.27. The zero-order valence-electron chi connectivity index (χ0n) is 13.0. The summed E-state index contributed by atoms with van der Waals surface area (Å²) in [5, 5.41) is 12.8. The molecule has 4 heteroatoms. The molecule has 0 radical (unpaired) electrons. The molecule has 4 nitrogen and oxygen atoms in total. The molecule has 0 aromatic heterocycles.